The van der Waals surface area contributed by atoms with Gasteiger partial charge in [0.15, 0.2) is 0 Å². The quantitative estimate of drug-likeness (QED) is 0.689. The zero-order valence-electron chi connectivity index (χ0n) is 10.0. The summed E-state index contributed by atoms with van der Waals surface area (Å²) in [5.74, 6) is 0.597. The van der Waals surface area contributed by atoms with Gasteiger partial charge in [0, 0.05) is 23.6 Å². The Morgan fingerprint density at radius 2 is 2.00 bits per heavy atom. The largest absolute Gasteiger partial charge is 0.347 e. The highest BCUT2D eigenvalue weighted by molar-refractivity contribution is 5.87. The highest BCUT2D eigenvalue weighted by Gasteiger charge is 2.10. The van der Waals surface area contributed by atoms with Crippen LogP contribution in [0.5, 0.6) is 0 Å². The number of aryl methyl sites for hydroxylation is 2. The minimum Gasteiger partial charge on any atom is -0.347 e. The number of hydrogen-bond acceptors (Lipinski definition) is 0. The molecular formula is C14H19N. The summed E-state index contributed by atoms with van der Waals surface area (Å²) in [6.45, 7) is 9.97. The molecule has 80 valence electrons. The SMILES string of the molecule is CCn1cc(C)c2c(C(C)C)cccc21. The lowest BCUT2D eigenvalue weighted by Gasteiger charge is -2.08. The van der Waals surface area contributed by atoms with E-state index in [9.17, 15) is 0 Å². The molecule has 0 amide bonds. The lowest BCUT2D eigenvalue weighted by molar-refractivity contribution is 0.795. The van der Waals surface area contributed by atoms with Crippen molar-refractivity contribution >= 4 is 10.9 Å². The Labute approximate surface area is 91.7 Å². The maximum atomic E-state index is 2.33. The van der Waals surface area contributed by atoms with Crippen molar-refractivity contribution in [1.82, 2.24) is 4.57 Å². The molecule has 0 saturated carbocycles. The Kier molecular flexibility index (Phi) is 2.56. The van der Waals surface area contributed by atoms with Crippen molar-refractivity contribution in [3.63, 3.8) is 0 Å². The van der Waals surface area contributed by atoms with Crippen molar-refractivity contribution in [2.75, 3.05) is 0 Å². The highest BCUT2D eigenvalue weighted by Crippen LogP contribution is 2.29. The van der Waals surface area contributed by atoms with Crippen LogP contribution in [0.1, 0.15) is 37.8 Å². The number of benzene rings is 1. The average Bonchev–Trinajstić information content (AvgIpc) is 2.55. The van der Waals surface area contributed by atoms with Gasteiger partial charge in [0.1, 0.15) is 0 Å². The second kappa shape index (κ2) is 3.73. The molecule has 0 fully saturated rings. The third kappa shape index (κ3) is 1.56. The Hall–Kier alpha value is -1.24. The third-order valence-electron chi connectivity index (χ3n) is 3.09. The summed E-state index contributed by atoms with van der Waals surface area (Å²) in [6, 6.07) is 6.64. The molecule has 1 aromatic carbocycles. The van der Waals surface area contributed by atoms with Gasteiger partial charge in [-0.15, -0.1) is 0 Å². The highest BCUT2D eigenvalue weighted by atomic mass is 14.9. The lowest BCUT2D eigenvalue weighted by Crippen LogP contribution is -1.92. The van der Waals surface area contributed by atoms with E-state index in [-0.39, 0.29) is 0 Å². The molecule has 0 atom stereocenters. The van der Waals surface area contributed by atoms with Gasteiger partial charge >= 0.3 is 0 Å². The summed E-state index contributed by atoms with van der Waals surface area (Å²) in [7, 11) is 0. The van der Waals surface area contributed by atoms with Crippen LogP contribution in [0.3, 0.4) is 0 Å². The molecule has 0 unspecified atom stereocenters. The van der Waals surface area contributed by atoms with Crippen molar-refractivity contribution in [2.45, 2.75) is 40.2 Å². The third-order valence-corrected chi connectivity index (χ3v) is 3.09. The zero-order valence-corrected chi connectivity index (χ0v) is 10.0. The number of fused-ring (bicyclic) bond motifs is 1. The van der Waals surface area contributed by atoms with Gasteiger partial charge in [-0.3, -0.25) is 0 Å². The minimum absolute atomic E-state index is 0.597. The van der Waals surface area contributed by atoms with Gasteiger partial charge in [-0.05, 0) is 37.0 Å². The van der Waals surface area contributed by atoms with Gasteiger partial charge in [0.05, 0.1) is 0 Å². The van der Waals surface area contributed by atoms with Crippen molar-refractivity contribution in [2.24, 2.45) is 0 Å². The second-order valence-electron chi connectivity index (χ2n) is 4.49. The molecule has 1 aromatic heterocycles. The van der Waals surface area contributed by atoms with Crippen LogP contribution in [0, 0.1) is 6.92 Å². The summed E-state index contributed by atoms with van der Waals surface area (Å²) in [4.78, 5) is 0. The van der Waals surface area contributed by atoms with Gasteiger partial charge in [-0.25, -0.2) is 0 Å². The van der Waals surface area contributed by atoms with Gasteiger partial charge in [-0.1, -0.05) is 26.0 Å². The summed E-state index contributed by atoms with van der Waals surface area (Å²) in [5, 5.41) is 1.45. The molecule has 1 nitrogen and oxygen atoms in total. The fourth-order valence-electron chi connectivity index (χ4n) is 2.34. The van der Waals surface area contributed by atoms with E-state index in [1.807, 2.05) is 0 Å². The molecule has 0 aliphatic rings. The van der Waals surface area contributed by atoms with Crippen LogP contribution in [0.25, 0.3) is 10.9 Å². The molecule has 0 radical (unpaired) electrons. The van der Waals surface area contributed by atoms with Crippen LogP contribution in [0.15, 0.2) is 24.4 Å². The second-order valence-corrected chi connectivity index (χ2v) is 4.49. The zero-order chi connectivity index (χ0) is 11.0. The van der Waals surface area contributed by atoms with Crippen molar-refractivity contribution < 1.29 is 0 Å². The van der Waals surface area contributed by atoms with Gasteiger partial charge < -0.3 is 4.57 Å². The van der Waals surface area contributed by atoms with Gasteiger partial charge in [-0.2, -0.15) is 0 Å². The van der Waals surface area contributed by atoms with E-state index in [0.717, 1.165) is 6.54 Å². The average molecular weight is 201 g/mol. The Bertz CT molecular complexity index is 477. The number of hydrogen-bond donors (Lipinski definition) is 0. The van der Waals surface area contributed by atoms with E-state index in [2.05, 4.69) is 56.7 Å². The summed E-state index contributed by atoms with van der Waals surface area (Å²) in [5.41, 5.74) is 4.24. The van der Waals surface area contributed by atoms with Crippen molar-refractivity contribution in [3.05, 3.63) is 35.5 Å². The van der Waals surface area contributed by atoms with E-state index in [1.165, 1.54) is 22.0 Å². The van der Waals surface area contributed by atoms with Gasteiger partial charge in [0.2, 0.25) is 0 Å². The van der Waals surface area contributed by atoms with E-state index < -0.39 is 0 Å². The van der Waals surface area contributed by atoms with Crippen LogP contribution < -0.4 is 0 Å². The normalized spacial score (nSPS) is 11.5. The predicted molar refractivity (Wildman–Crippen MR) is 66.4 cm³/mol. The molecule has 0 aliphatic carbocycles. The fourth-order valence-corrected chi connectivity index (χ4v) is 2.34. The Balaban J connectivity index is 2.80. The topological polar surface area (TPSA) is 4.93 Å². The minimum atomic E-state index is 0.597. The molecule has 0 spiro atoms. The smallest absolute Gasteiger partial charge is 0.0485 e. The van der Waals surface area contributed by atoms with Crippen LogP contribution in [0.4, 0.5) is 0 Å². The molecule has 0 bridgehead atoms. The molecule has 0 saturated heterocycles. The molecule has 0 N–H and O–H groups in total. The summed E-state index contributed by atoms with van der Waals surface area (Å²) in [6.07, 6.45) is 2.26. The predicted octanol–water partition coefficient (Wildman–Crippen LogP) is 4.09. The van der Waals surface area contributed by atoms with Crippen LogP contribution in [-0.2, 0) is 6.54 Å². The number of nitrogens with zero attached hydrogens (tertiary/aromatic N) is 1. The van der Waals surface area contributed by atoms with E-state index in [1.54, 1.807) is 0 Å². The van der Waals surface area contributed by atoms with E-state index in [0.29, 0.717) is 5.92 Å². The summed E-state index contributed by atoms with van der Waals surface area (Å²) >= 11 is 0. The van der Waals surface area contributed by atoms with Crippen molar-refractivity contribution in [1.29, 1.82) is 0 Å². The molecule has 1 heterocycles. The first-order valence-corrected chi connectivity index (χ1v) is 5.73. The summed E-state index contributed by atoms with van der Waals surface area (Å²) < 4.78 is 2.33. The maximum Gasteiger partial charge on any atom is 0.0485 e. The number of rotatable bonds is 2. The molecule has 0 aliphatic heterocycles. The first-order valence-electron chi connectivity index (χ1n) is 5.73. The van der Waals surface area contributed by atoms with Gasteiger partial charge in [0.25, 0.3) is 0 Å². The van der Waals surface area contributed by atoms with E-state index in [4.69, 9.17) is 0 Å². The first kappa shape index (κ1) is 10.3. The monoisotopic (exact) mass is 201 g/mol. The van der Waals surface area contributed by atoms with Crippen LogP contribution in [0.2, 0.25) is 0 Å². The van der Waals surface area contributed by atoms with Crippen molar-refractivity contribution in [3.8, 4) is 0 Å². The number of aromatic nitrogens is 1. The first-order chi connectivity index (χ1) is 7.15. The molecule has 2 aromatic rings. The molecule has 2 rings (SSSR count). The van der Waals surface area contributed by atoms with Crippen LogP contribution in [-0.4, -0.2) is 4.57 Å². The molecule has 1 heteroatoms. The van der Waals surface area contributed by atoms with E-state index >= 15 is 0 Å². The Morgan fingerprint density at radius 1 is 1.27 bits per heavy atom. The maximum absolute atomic E-state index is 2.33. The Morgan fingerprint density at radius 3 is 2.60 bits per heavy atom. The lowest BCUT2D eigenvalue weighted by atomic mass is 9.97. The molecule has 15 heavy (non-hydrogen) atoms. The molecular weight excluding hydrogens is 182 g/mol. The standard InChI is InChI=1S/C14H19N/c1-5-15-9-11(4)14-12(10(2)3)7-6-8-13(14)15/h6-10H,5H2,1-4H3. The van der Waals surface area contributed by atoms with Crippen LogP contribution >= 0.6 is 0 Å². The fraction of sp³-hybridized carbons (Fsp3) is 0.429.